The lowest BCUT2D eigenvalue weighted by Gasteiger charge is -2.02. The van der Waals surface area contributed by atoms with E-state index in [0.29, 0.717) is 22.2 Å². The minimum absolute atomic E-state index is 0.242. The molecule has 0 fully saturated rings. The minimum atomic E-state index is -0.242. The fraction of sp³-hybridized carbons (Fsp3) is 0.0833. The quantitative estimate of drug-likeness (QED) is 0.634. The summed E-state index contributed by atoms with van der Waals surface area (Å²) in [6.45, 7) is 1.71. The normalized spacial score (nSPS) is 11.1. The molecule has 0 radical (unpaired) electrons. The van der Waals surface area contributed by atoms with Crippen LogP contribution in [0.1, 0.15) is 5.56 Å². The summed E-state index contributed by atoms with van der Waals surface area (Å²) in [5.74, 6) is 0.367. The Hall–Kier alpha value is -2.01. The van der Waals surface area contributed by atoms with Crippen molar-refractivity contribution in [3.05, 3.63) is 47.1 Å². The second-order valence-electron chi connectivity index (χ2n) is 3.93. The van der Waals surface area contributed by atoms with Gasteiger partial charge in [-0.1, -0.05) is 11.6 Å². The largest absolute Gasteiger partial charge is 0.265 e. The Morgan fingerprint density at radius 2 is 2.06 bits per heavy atom. The van der Waals surface area contributed by atoms with Crippen molar-refractivity contribution in [1.82, 2.24) is 19.6 Å². The van der Waals surface area contributed by atoms with Crippen LogP contribution < -0.4 is 0 Å². The van der Waals surface area contributed by atoms with E-state index in [0.717, 1.165) is 5.56 Å². The molecule has 90 valence electrons. The Kier molecular flexibility index (Phi) is 2.48. The number of hydrogen-bond donors (Lipinski definition) is 0. The SMILES string of the molecule is Cc1cc(-c2nnc3cc(Cl)ncn23)ccc1F. The van der Waals surface area contributed by atoms with Gasteiger partial charge in [-0.3, -0.25) is 4.40 Å². The molecule has 1 aromatic carbocycles. The van der Waals surface area contributed by atoms with Crippen molar-refractivity contribution in [1.29, 1.82) is 0 Å². The number of nitrogens with zero attached hydrogens (tertiary/aromatic N) is 4. The molecule has 0 unspecified atom stereocenters. The molecule has 2 aromatic heterocycles. The molecule has 3 aromatic rings. The zero-order valence-corrected chi connectivity index (χ0v) is 10.2. The molecule has 0 aliphatic rings. The van der Waals surface area contributed by atoms with Crippen molar-refractivity contribution in [3.63, 3.8) is 0 Å². The summed E-state index contributed by atoms with van der Waals surface area (Å²) >= 11 is 5.78. The number of aryl methyl sites for hydroxylation is 1. The minimum Gasteiger partial charge on any atom is -0.265 e. The van der Waals surface area contributed by atoms with Crippen LogP contribution in [-0.2, 0) is 0 Å². The predicted octanol–water partition coefficient (Wildman–Crippen LogP) is 2.89. The molecular weight excluding hydrogens is 255 g/mol. The van der Waals surface area contributed by atoms with E-state index in [4.69, 9.17) is 11.6 Å². The number of benzene rings is 1. The van der Waals surface area contributed by atoms with E-state index < -0.39 is 0 Å². The number of aromatic nitrogens is 4. The average molecular weight is 263 g/mol. The third-order valence-corrected chi connectivity index (χ3v) is 2.89. The molecule has 0 saturated carbocycles. The predicted molar refractivity (Wildman–Crippen MR) is 65.9 cm³/mol. The monoisotopic (exact) mass is 262 g/mol. The van der Waals surface area contributed by atoms with Crippen LogP contribution in [0.3, 0.4) is 0 Å². The number of halogens is 2. The van der Waals surface area contributed by atoms with Gasteiger partial charge in [-0.2, -0.15) is 0 Å². The molecule has 0 bridgehead atoms. The highest BCUT2D eigenvalue weighted by Crippen LogP contribution is 2.21. The van der Waals surface area contributed by atoms with Crippen LogP contribution in [-0.4, -0.2) is 19.6 Å². The molecule has 2 heterocycles. The summed E-state index contributed by atoms with van der Waals surface area (Å²) in [4.78, 5) is 3.98. The van der Waals surface area contributed by atoms with Crippen molar-refractivity contribution >= 4 is 17.2 Å². The first-order chi connectivity index (χ1) is 8.65. The first-order valence-corrected chi connectivity index (χ1v) is 5.66. The zero-order chi connectivity index (χ0) is 12.7. The van der Waals surface area contributed by atoms with Gasteiger partial charge in [-0.15, -0.1) is 10.2 Å². The van der Waals surface area contributed by atoms with Gasteiger partial charge in [0.15, 0.2) is 11.5 Å². The summed E-state index contributed by atoms with van der Waals surface area (Å²) in [6.07, 6.45) is 1.55. The van der Waals surface area contributed by atoms with Gasteiger partial charge >= 0.3 is 0 Å². The highest BCUT2D eigenvalue weighted by molar-refractivity contribution is 6.29. The molecule has 0 spiro atoms. The van der Waals surface area contributed by atoms with Crippen molar-refractivity contribution in [2.24, 2.45) is 0 Å². The maximum Gasteiger partial charge on any atom is 0.169 e. The third kappa shape index (κ3) is 1.73. The molecule has 6 heteroatoms. The van der Waals surface area contributed by atoms with Gasteiger partial charge in [-0.25, -0.2) is 9.37 Å². The van der Waals surface area contributed by atoms with Crippen LogP contribution in [0, 0.1) is 12.7 Å². The molecule has 0 aliphatic heterocycles. The number of fused-ring (bicyclic) bond motifs is 1. The van der Waals surface area contributed by atoms with Gasteiger partial charge in [0, 0.05) is 11.6 Å². The Bertz CT molecular complexity index is 738. The Morgan fingerprint density at radius 3 is 2.83 bits per heavy atom. The third-order valence-electron chi connectivity index (χ3n) is 2.68. The zero-order valence-electron chi connectivity index (χ0n) is 9.43. The Labute approximate surface area is 107 Å². The van der Waals surface area contributed by atoms with Gasteiger partial charge < -0.3 is 0 Å². The lowest BCUT2D eigenvalue weighted by atomic mass is 10.1. The molecule has 0 saturated heterocycles. The smallest absolute Gasteiger partial charge is 0.169 e. The summed E-state index contributed by atoms with van der Waals surface area (Å²) in [5.41, 5.74) is 1.95. The topological polar surface area (TPSA) is 43.1 Å². The van der Waals surface area contributed by atoms with E-state index in [1.54, 1.807) is 35.9 Å². The van der Waals surface area contributed by atoms with Crippen molar-refractivity contribution in [2.75, 3.05) is 0 Å². The van der Waals surface area contributed by atoms with Crippen LogP contribution in [0.25, 0.3) is 17.0 Å². The van der Waals surface area contributed by atoms with Crippen molar-refractivity contribution < 1.29 is 4.39 Å². The lowest BCUT2D eigenvalue weighted by molar-refractivity contribution is 0.618. The van der Waals surface area contributed by atoms with Gasteiger partial charge in [0.25, 0.3) is 0 Å². The van der Waals surface area contributed by atoms with Crippen LogP contribution >= 0.6 is 11.6 Å². The maximum atomic E-state index is 13.2. The Balaban J connectivity index is 2.22. The lowest BCUT2D eigenvalue weighted by Crippen LogP contribution is -1.92. The number of hydrogen-bond acceptors (Lipinski definition) is 3. The average Bonchev–Trinajstić information content (AvgIpc) is 2.75. The van der Waals surface area contributed by atoms with Gasteiger partial charge in [0.05, 0.1) is 0 Å². The molecule has 4 nitrogen and oxygen atoms in total. The molecule has 18 heavy (non-hydrogen) atoms. The van der Waals surface area contributed by atoms with Crippen LogP contribution in [0.4, 0.5) is 4.39 Å². The fourth-order valence-corrected chi connectivity index (χ4v) is 1.89. The van der Waals surface area contributed by atoms with E-state index in [1.807, 2.05) is 0 Å². The van der Waals surface area contributed by atoms with E-state index in [9.17, 15) is 4.39 Å². The number of rotatable bonds is 1. The van der Waals surface area contributed by atoms with Crippen molar-refractivity contribution in [3.8, 4) is 11.4 Å². The standard InChI is InChI=1S/C12H8ClFN4/c1-7-4-8(2-3-9(7)14)12-17-16-11-5-10(13)15-6-18(11)12/h2-6H,1H3. The fourth-order valence-electron chi connectivity index (χ4n) is 1.75. The highest BCUT2D eigenvalue weighted by Gasteiger charge is 2.10. The van der Waals surface area contributed by atoms with Crippen molar-refractivity contribution in [2.45, 2.75) is 6.92 Å². The molecule has 0 atom stereocenters. The molecule has 0 amide bonds. The van der Waals surface area contributed by atoms with Crippen LogP contribution in [0.2, 0.25) is 5.15 Å². The highest BCUT2D eigenvalue weighted by atomic mass is 35.5. The van der Waals surface area contributed by atoms with Crippen LogP contribution in [0.15, 0.2) is 30.6 Å². The van der Waals surface area contributed by atoms with E-state index in [-0.39, 0.29) is 5.82 Å². The molecule has 3 rings (SSSR count). The molecule has 0 N–H and O–H groups in total. The molecule has 0 aliphatic carbocycles. The summed E-state index contributed by atoms with van der Waals surface area (Å²) < 4.78 is 14.9. The second-order valence-corrected chi connectivity index (χ2v) is 4.31. The second kappa shape index (κ2) is 4.03. The first-order valence-electron chi connectivity index (χ1n) is 5.28. The van der Waals surface area contributed by atoms with E-state index in [2.05, 4.69) is 15.2 Å². The van der Waals surface area contributed by atoms with Gasteiger partial charge in [0.2, 0.25) is 0 Å². The summed E-state index contributed by atoms with van der Waals surface area (Å²) in [5, 5.41) is 8.43. The Morgan fingerprint density at radius 1 is 1.22 bits per heavy atom. The maximum absolute atomic E-state index is 13.2. The van der Waals surface area contributed by atoms with E-state index in [1.165, 1.54) is 6.07 Å². The molecular formula is C12H8ClFN4. The van der Waals surface area contributed by atoms with Gasteiger partial charge in [-0.05, 0) is 30.7 Å². The van der Waals surface area contributed by atoms with E-state index >= 15 is 0 Å². The summed E-state index contributed by atoms with van der Waals surface area (Å²) in [6, 6.07) is 6.41. The van der Waals surface area contributed by atoms with Crippen LogP contribution in [0.5, 0.6) is 0 Å². The summed E-state index contributed by atoms with van der Waals surface area (Å²) in [7, 11) is 0. The van der Waals surface area contributed by atoms with Gasteiger partial charge in [0.1, 0.15) is 17.3 Å². The first kappa shape index (κ1) is 11.1.